The van der Waals surface area contributed by atoms with Gasteiger partial charge in [-0.3, -0.25) is 4.79 Å². The van der Waals surface area contributed by atoms with Crippen molar-refractivity contribution in [2.75, 3.05) is 18.1 Å². The molecular formula is C23H21ClN4O3. The van der Waals surface area contributed by atoms with Crippen molar-refractivity contribution in [3.05, 3.63) is 76.6 Å². The van der Waals surface area contributed by atoms with Crippen molar-refractivity contribution in [2.45, 2.75) is 20.3 Å². The fourth-order valence-corrected chi connectivity index (χ4v) is 3.14. The summed E-state index contributed by atoms with van der Waals surface area (Å²) in [6.07, 6.45) is 1.85. The van der Waals surface area contributed by atoms with Crippen LogP contribution in [0.25, 0.3) is 5.69 Å². The van der Waals surface area contributed by atoms with Crippen LogP contribution in [0, 0.1) is 25.2 Å². The molecule has 0 atom stereocenters. The number of amides is 1. The predicted molar refractivity (Wildman–Crippen MR) is 117 cm³/mol. The zero-order chi connectivity index (χ0) is 22.4. The van der Waals surface area contributed by atoms with E-state index in [-0.39, 0.29) is 13.0 Å². The van der Waals surface area contributed by atoms with Gasteiger partial charge in [-0.25, -0.2) is 9.48 Å². The van der Waals surface area contributed by atoms with Crippen LogP contribution in [0.2, 0.25) is 5.02 Å². The minimum atomic E-state index is -0.607. The molecule has 2 aromatic carbocycles. The summed E-state index contributed by atoms with van der Waals surface area (Å²) < 4.78 is 6.97. The molecule has 1 heterocycles. The predicted octanol–water partition coefficient (Wildman–Crippen LogP) is 4.25. The fourth-order valence-electron chi connectivity index (χ4n) is 3.02. The molecule has 0 bridgehead atoms. The molecule has 8 heteroatoms. The van der Waals surface area contributed by atoms with E-state index in [0.717, 1.165) is 16.9 Å². The Kier molecular flexibility index (Phi) is 7.06. The van der Waals surface area contributed by atoms with E-state index in [1.165, 1.54) is 4.90 Å². The topological polar surface area (TPSA) is 88.2 Å². The lowest BCUT2D eigenvalue weighted by Gasteiger charge is -2.22. The Hall–Kier alpha value is -3.63. The average molecular weight is 437 g/mol. The van der Waals surface area contributed by atoms with Gasteiger partial charge >= 0.3 is 5.97 Å². The van der Waals surface area contributed by atoms with Crippen LogP contribution in [0.5, 0.6) is 0 Å². The van der Waals surface area contributed by atoms with Gasteiger partial charge in [0.1, 0.15) is 0 Å². The molecule has 0 spiro atoms. The number of ether oxygens (including phenoxy) is 1. The zero-order valence-electron chi connectivity index (χ0n) is 17.2. The second-order valence-corrected chi connectivity index (χ2v) is 7.30. The highest BCUT2D eigenvalue weighted by atomic mass is 35.5. The van der Waals surface area contributed by atoms with Gasteiger partial charge in [0, 0.05) is 29.1 Å². The number of nitriles is 1. The number of benzene rings is 2. The van der Waals surface area contributed by atoms with Crippen molar-refractivity contribution < 1.29 is 14.3 Å². The van der Waals surface area contributed by atoms with Gasteiger partial charge in [0.05, 0.1) is 23.7 Å². The summed E-state index contributed by atoms with van der Waals surface area (Å²) in [5, 5.41) is 13.7. The highest BCUT2D eigenvalue weighted by molar-refractivity contribution is 6.31. The molecule has 7 nitrogen and oxygen atoms in total. The van der Waals surface area contributed by atoms with Crippen LogP contribution in [0.4, 0.5) is 5.69 Å². The molecular weight excluding hydrogens is 416 g/mol. The lowest BCUT2D eigenvalue weighted by atomic mass is 10.2. The van der Waals surface area contributed by atoms with E-state index in [2.05, 4.69) is 5.10 Å². The number of rotatable bonds is 7. The molecule has 158 valence electrons. The summed E-state index contributed by atoms with van der Waals surface area (Å²) in [7, 11) is 0. The second kappa shape index (κ2) is 9.92. The third-order valence-electron chi connectivity index (χ3n) is 4.71. The van der Waals surface area contributed by atoms with Crippen LogP contribution in [-0.2, 0) is 9.53 Å². The monoisotopic (exact) mass is 436 g/mol. The van der Waals surface area contributed by atoms with Gasteiger partial charge in [-0.05, 0) is 67.9 Å². The van der Waals surface area contributed by atoms with E-state index in [4.69, 9.17) is 21.6 Å². The average Bonchev–Trinajstić information content (AvgIpc) is 3.20. The molecule has 0 radical (unpaired) electrons. The number of aryl methyl sites for hydroxylation is 2. The Morgan fingerprint density at radius 3 is 2.52 bits per heavy atom. The number of halogens is 1. The molecule has 0 saturated heterocycles. The van der Waals surface area contributed by atoms with E-state index >= 15 is 0 Å². The maximum Gasteiger partial charge on any atom is 0.338 e. The Balaban J connectivity index is 1.67. The first-order valence-corrected chi connectivity index (χ1v) is 10.00. The standard InChI is InChI=1S/C23H21ClN4O3/c1-16-14-20(8-9-21(16)24)27(13-3-11-25)22(29)15-31-23(30)18-4-6-19(7-5-18)28-17(2)10-12-26-28/h4-10,12,14H,3,13,15H2,1-2H3. The summed E-state index contributed by atoms with van der Waals surface area (Å²) in [4.78, 5) is 26.5. The number of hydrogen-bond donors (Lipinski definition) is 0. The minimum absolute atomic E-state index is 0.148. The Morgan fingerprint density at radius 2 is 1.90 bits per heavy atom. The van der Waals surface area contributed by atoms with Crippen LogP contribution in [0.3, 0.4) is 0 Å². The molecule has 0 saturated carbocycles. The van der Waals surface area contributed by atoms with Gasteiger partial charge in [-0.15, -0.1) is 0 Å². The first-order valence-electron chi connectivity index (χ1n) is 9.62. The number of anilines is 1. The molecule has 1 amide bonds. The smallest absolute Gasteiger partial charge is 0.338 e. The molecule has 0 aliphatic rings. The first-order chi connectivity index (χ1) is 14.9. The minimum Gasteiger partial charge on any atom is -0.452 e. The van der Waals surface area contributed by atoms with Gasteiger partial charge in [0.25, 0.3) is 5.91 Å². The third-order valence-corrected chi connectivity index (χ3v) is 5.13. The van der Waals surface area contributed by atoms with Gasteiger partial charge in [-0.1, -0.05) is 11.6 Å². The summed E-state index contributed by atoms with van der Waals surface area (Å²) in [6.45, 7) is 3.51. The molecule has 3 rings (SSSR count). The highest BCUT2D eigenvalue weighted by Gasteiger charge is 2.19. The van der Waals surface area contributed by atoms with E-state index < -0.39 is 18.5 Å². The molecule has 0 N–H and O–H groups in total. The van der Waals surface area contributed by atoms with Crippen molar-refractivity contribution >= 4 is 29.2 Å². The maximum atomic E-state index is 12.7. The third kappa shape index (κ3) is 5.30. The Bertz CT molecular complexity index is 1130. The number of carbonyl (C=O) groups is 2. The highest BCUT2D eigenvalue weighted by Crippen LogP contribution is 2.23. The summed E-state index contributed by atoms with van der Waals surface area (Å²) >= 11 is 6.06. The first kappa shape index (κ1) is 22.1. The summed E-state index contributed by atoms with van der Waals surface area (Å²) in [5.41, 5.74) is 3.51. The molecule has 3 aromatic rings. The molecule has 0 aliphatic heterocycles. The van der Waals surface area contributed by atoms with Crippen molar-refractivity contribution in [3.63, 3.8) is 0 Å². The van der Waals surface area contributed by atoms with E-state index in [9.17, 15) is 9.59 Å². The number of carbonyl (C=O) groups excluding carboxylic acids is 2. The fraction of sp³-hybridized carbons (Fsp3) is 0.217. The Morgan fingerprint density at radius 1 is 1.16 bits per heavy atom. The van der Waals surface area contributed by atoms with Crippen molar-refractivity contribution in [1.82, 2.24) is 9.78 Å². The van der Waals surface area contributed by atoms with Gasteiger partial charge < -0.3 is 9.64 Å². The lowest BCUT2D eigenvalue weighted by Crippen LogP contribution is -2.35. The molecule has 31 heavy (non-hydrogen) atoms. The van der Waals surface area contributed by atoms with Crippen LogP contribution in [0.15, 0.2) is 54.7 Å². The van der Waals surface area contributed by atoms with Crippen LogP contribution in [-0.4, -0.2) is 34.8 Å². The van der Waals surface area contributed by atoms with Crippen molar-refractivity contribution in [2.24, 2.45) is 0 Å². The zero-order valence-corrected chi connectivity index (χ0v) is 18.0. The number of hydrogen-bond acceptors (Lipinski definition) is 5. The van der Waals surface area contributed by atoms with Crippen molar-refractivity contribution in [1.29, 1.82) is 5.26 Å². The SMILES string of the molecule is Cc1cc(N(CCC#N)C(=O)COC(=O)c2ccc(-n3nccc3C)cc2)ccc1Cl. The summed E-state index contributed by atoms with van der Waals surface area (Å²) in [5.74, 6) is -1.03. The largest absolute Gasteiger partial charge is 0.452 e. The van der Waals surface area contributed by atoms with Crippen LogP contribution < -0.4 is 4.90 Å². The number of aromatic nitrogens is 2. The van der Waals surface area contributed by atoms with E-state index in [1.54, 1.807) is 53.3 Å². The molecule has 0 aliphatic carbocycles. The van der Waals surface area contributed by atoms with Crippen molar-refractivity contribution in [3.8, 4) is 11.8 Å². The van der Waals surface area contributed by atoms with E-state index in [0.29, 0.717) is 16.3 Å². The Labute approximate surface area is 185 Å². The molecule has 0 fully saturated rings. The van der Waals surface area contributed by atoms with Gasteiger partial charge in [0.2, 0.25) is 0 Å². The number of esters is 1. The summed E-state index contributed by atoms with van der Waals surface area (Å²) in [6, 6.07) is 15.8. The normalized spacial score (nSPS) is 10.4. The van der Waals surface area contributed by atoms with Crippen LogP contribution in [0.1, 0.15) is 28.0 Å². The van der Waals surface area contributed by atoms with Crippen LogP contribution >= 0.6 is 11.6 Å². The lowest BCUT2D eigenvalue weighted by molar-refractivity contribution is -0.121. The van der Waals surface area contributed by atoms with Gasteiger partial charge in [-0.2, -0.15) is 10.4 Å². The number of nitrogens with zero attached hydrogens (tertiary/aromatic N) is 4. The quantitative estimate of drug-likeness (QED) is 0.517. The van der Waals surface area contributed by atoms with Gasteiger partial charge in [0.15, 0.2) is 6.61 Å². The molecule has 0 unspecified atom stereocenters. The maximum absolute atomic E-state index is 12.7. The second-order valence-electron chi connectivity index (χ2n) is 6.89. The van der Waals surface area contributed by atoms with E-state index in [1.807, 2.05) is 26.0 Å². The molecule has 1 aromatic heterocycles.